The van der Waals surface area contributed by atoms with Crippen molar-refractivity contribution < 1.29 is 0 Å². The summed E-state index contributed by atoms with van der Waals surface area (Å²) < 4.78 is 0. The van der Waals surface area contributed by atoms with Crippen molar-refractivity contribution in [2.24, 2.45) is 10.9 Å². The smallest absolute Gasteiger partial charge is 0.191 e. The molecule has 7 heteroatoms. The topological polar surface area (TPSA) is 55.8 Å². The maximum atomic E-state index is 4.67. The number of hydrogen-bond donors (Lipinski definition) is 2. The summed E-state index contributed by atoms with van der Waals surface area (Å²) in [6.45, 7) is 6.06. The van der Waals surface area contributed by atoms with Gasteiger partial charge in [-0.05, 0) is 37.4 Å². The summed E-state index contributed by atoms with van der Waals surface area (Å²) in [5.41, 5.74) is 1.18. The fourth-order valence-corrected chi connectivity index (χ4v) is 4.22. The number of nitrogens with zero attached hydrogens (tertiary/aromatic N) is 4. The maximum absolute atomic E-state index is 4.67. The van der Waals surface area contributed by atoms with Gasteiger partial charge in [-0.25, -0.2) is 4.98 Å². The van der Waals surface area contributed by atoms with Crippen LogP contribution < -0.4 is 15.5 Å². The molecule has 1 aliphatic carbocycles. The van der Waals surface area contributed by atoms with E-state index in [1.165, 1.54) is 50.5 Å². The van der Waals surface area contributed by atoms with Crippen LogP contribution in [0.4, 0.5) is 5.82 Å². The molecule has 29 heavy (non-hydrogen) atoms. The molecule has 1 aromatic rings. The first-order chi connectivity index (χ1) is 13.7. The van der Waals surface area contributed by atoms with Gasteiger partial charge in [-0.3, -0.25) is 4.99 Å². The van der Waals surface area contributed by atoms with E-state index in [1.54, 1.807) is 0 Å². The van der Waals surface area contributed by atoms with Crippen LogP contribution in [-0.2, 0) is 6.54 Å². The number of nitrogens with one attached hydrogen (secondary N) is 2. The Bertz CT molecular complexity index is 592. The lowest BCUT2D eigenvalue weighted by Crippen LogP contribution is -2.44. The predicted molar refractivity (Wildman–Crippen MR) is 133 cm³/mol. The second kappa shape index (κ2) is 13.3. The fraction of sp³-hybridized carbons (Fsp3) is 0.727. The monoisotopic (exact) mass is 514 g/mol. The van der Waals surface area contributed by atoms with Crippen LogP contribution >= 0.6 is 24.0 Å². The molecule has 0 radical (unpaired) electrons. The van der Waals surface area contributed by atoms with Crippen molar-refractivity contribution in [3.63, 3.8) is 0 Å². The number of piperazine rings is 1. The standard InChI is InChI=1S/C22H38N6.HI/c1-23-22(24-12-6-9-19-7-4-3-5-8-19)26-18-20-10-11-21(25-17-20)28-15-13-27(2)14-16-28;/h10-11,17,19H,3-9,12-16,18H2,1-2H3,(H2,23,24,26);1H. The Morgan fingerprint density at radius 1 is 1.10 bits per heavy atom. The van der Waals surface area contributed by atoms with E-state index in [0.29, 0.717) is 0 Å². The van der Waals surface area contributed by atoms with Crippen molar-refractivity contribution in [3.8, 4) is 0 Å². The van der Waals surface area contributed by atoms with Crippen molar-refractivity contribution in [1.29, 1.82) is 0 Å². The van der Waals surface area contributed by atoms with Crippen LogP contribution in [0.2, 0.25) is 0 Å². The van der Waals surface area contributed by atoms with Gasteiger partial charge in [0.05, 0.1) is 0 Å². The van der Waals surface area contributed by atoms with Gasteiger partial charge in [0.15, 0.2) is 5.96 Å². The summed E-state index contributed by atoms with van der Waals surface area (Å²) in [6.07, 6.45) is 11.7. The Morgan fingerprint density at radius 2 is 1.86 bits per heavy atom. The molecule has 0 spiro atoms. The van der Waals surface area contributed by atoms with Gasteiger partial charge in [-0.15, -0.1) is 24.0 Å². The zero-order chi connectivity index (χ0) is 19.6. The molecule has 0 unspecified atom stereocenters. The van der Waals surface area contributed by atoms with Gasteiger partial charge >= 0.3 is 0 Å². The quantitative estimate of drug-likeness (QED) is 0.253. The number of aromatic nitrogens is 1. The number of guanidine groups is 1. The number of halogens is 1. The second-order valence-electron chi connectivity index (χ2n) is 8.31. The Morgan fingerprint density at radius 3 is 2.52 bits per heavy atom. The van der Waals surface area contributed by atoms with Crippen LogP contribution in [0, 0.1) is 5.92 Å². The van der Waals surface area contributed by atoms with Gasteiger partial charge in [0.1, 0.15) is 5.82 Å². The number of pyridine rings is 1. The van der Waals surface area contributed by atoms with Crippen molar-refractivity contribution in [2.45, 2.75) is 51.5 Å². The lowest BCUT2D eigenvalue weighted by atomic mass is 9.86. The van der Waals surface area contributed by atoms with Crippen molar-refractivity contribution in [1.82, 2.24) is 20.5 Å². The molecular formula is C22H39IN6. The lowest BCUT2D eigenvalue weighted by Gasteiger charge is -2.33. The van der Waals surface area contributed by atoms with Gasteiger partial charge in [0.2, 0.25) is 0 Å². The molecule has 1 aliphatic heterocycles. The molecule has 3 rings (SSSR count). The highest BCUT2D eigenvalue weighted by atomic mass is 127. The molecule has 2 fully saturated rings. The number of hydrogen-bond acceptors (Lipinski definition) is 4. The summed E-state index contributed by atoms with van der Waals surface area (Å²) in [7, 11) is 4.02. The summed E-state index contributed by atoms with van der Waals surface area (Å²) in [4.78, 5) is 13.7. The van der Waals surface area contributed by atoms with E-state index >= 15 is 0 Å². The van der Waals surface area contributed by atoms with Crippen LogP contribution in [0.3, 0.4) is 0 Å². The molecule has 2 aliphatic rings. The maximum Gasteiger partial charge on any atom is 0.191 e. The first kappa shape index (κ1) is 24.2. The molecule has 1 aromatic heterocycles. The largest absolute Gasteiger partial charge is 0.356 e. The van der Waals surface area contributed by atoms with Gasteiger partial charge in [0.25, 0.3) is 0 Å². The Hall–Kier alpha value is -1.09. The van der Waals surface area contributed by atoms with Crippen molar-refractivity contribution in [3.05, 3.63) is 23.9 Å². The van der Waals surface area contributed by atoms with E-state index < -0.39 is 0 Å². The number of rotatable bonds is 7. The minimum absolute atomic E-state index is 0. The van der Waals surface area contributed by atoms with E-state index in [-0.39, 0.29) is 24.0 Å². The highest BCUT2D eigenvalue weighted by Crippen LogP contribution is 2.26. The summed E-state index contributed by atoms with van der Waals surface area (Å²) >= 11 is 0. The van der Waals surface area contributed by atoms with Gasteiger partial charge < -0.3 is 20.4 Å². The molecule has 2 N–H and O–H groups in total. The number of likely N-dealkylation sites (N-methyl/N-ethyl adjacent to an activating group) is 1. The Kier molecular flexibility index (Phi) is 11.1. The van der Waals surface area contributed by atoms with Gasteiger partial charge in [0, 0.05) is 52.5 Å². The third-order valence-corrected chi connectivity index (χ3v) is 6.13. The van der Waals surface area contributed by atoms with E-state index in [9.17, 15) is 0 Å². The minimum Gasteiger partial charge on any atom is -0.356 e. The first-order valence-electron chi connectivity index (χ1n) is 11.1. The van der Waals surface area contributed by atoms with Crippen LogP contribution in [0.15, 0.2) is 23.3 Å². The summed E-state index contributed by atoms with van der Waals surface area (Å²) in [5.74, 6) is 2.92. The third kappa shape index (κ3) is 8.28. The normalized spacial score (nSPS) is 19.0. The highest BCUT2D eigenvalue weighted by molar-refractivity contribution is 14.0. The number of aliphatic imine (C=N–C) groups is 1. The Balaban J connectivity index is 0.00000300. The second-order valence-corrected chi connectivity index (χ2v) is 8.31. The van der Waals surface area contributed by atoms with Gasteiger partial charge in [-0.1, -0.05) is 38.2 Å². The zero-order valence-corrected chi connectivity index (χ0v) is 20.5. The number of anilines is 1. The van der Waals surface area contributed by atoms with E-state index in [2.05, 4.69) is 49.6 Å². The summed E-state index contributed by atoms with van der Waals surface area (Å²) in [5, 5.41) is 6.86. The first-order valence-corrected chi connectivity index (χ1v) is 11.1. The average molecular weight is 515 g/mol. The third-order valence-electron chi connectivity index (χ3n) is 6.13. The van der Waals surface area contributed by atoms with E-state index in [1.807, 2.05) is 13.2 Å². The van der Waals surface area contributed by atoms with E-state index in [4.69, 9.17) is 0 Å². The SMILES string of the molecule is CN=C(NCCCC1CCCCC1)NCc1ccc(N2CCN(C)CC2)nc1.I. The zero-order valence-electron chi connectivity index (χ0n) is 18.2. The molecule has 164 valence electrons. The molecule has 0 atom stereocenters. The highest BCUT2D eigenvalue weighted by Gasteiger charge is 2.15. The molecule has 0 aromatic carbocycles. The molecule has 1 saturated heterocycles. The molecule has 6 nitrogen and oxygen atoms in total. The van der Waals surface area contributed by atoms with Gasteiger partial charge in [-0.2, -0.15) is 0 Å². The van der Waals surface area contributed by atoms with E-state index in [0.717, 1.165) is 57.0 Å². The summed E-state index contributed by atoms with van der Waals surface area (Å²) in [6, 6.07) is 4.31. The molecule has 0 bridgehead atoms. The van der Waals surface area contributed by atoms with Crippen LogP contribution in [0.25, 0.3) is 0 Å². The van der Waals surface area contributed by atoms with Crippen LogP contribution in [0.5, 0.6) is 0 Å². The average Bonchev–Trinajstić information content (AvgIpc) is 2.75. The molecule has 0 amide bonds. The molecule has 1 saturated carbocycles. The predicted octanol–water partition coefficient (Wildman–Crippen LogP) is 3.48. The lowest BCUT2D eigenvalue weighted by molar-refractivity contribution is 0.312. The van der Waals surface area contributed by atoms with Crippen LogP contribution in [-0.4, -0.2) is 62.7 Å². The molecule has 2 heterocycles. The van der Waals surface area contributed by atoms with Crippen molar-refractivity contribution in [2.75, 3.05) is 51.7 Å². The Labute approximate surface area is 194 Å². The molecular weight excluding hydrogens is 475 g/mol. The fourth-order valence-electron chi connectivity index (χ4n) is 4.22. The van der Waals surface area contributed by atoms with Crippen molar-refractivity contribution >= 4 is 35.8 Å². The van der Waals surface area contributed by atoms with Crippen LogP contribution in [0.1, 0.15) is 50.5 Å². The minimum atomic E-state index is 0.